The monoisotopic (exact) mass is 387 g/mol. The standard InChI is InChI=1S/C20H25N3O5/c1-20(2,3)28-19(26)23-9-5-4-6-17(23)27-16-7-8-22-14-10-13(18(21)25)15(24)11-12(14)16/h7-8,10-11,17,24H,4-6,9H2,1-3H3,(H2,21,25)/t17-/m1/s1. The molecule has 8 nitrogen and oxygen atoms in total. The Balaban J connectivity index is 1.90. The highest BCUT2D eigenvalue weighted by Crippen LogP contribution is 2.32. The van der Waals surface area contributed by atoms with Crippen LogP contribution in [0.2, 0.25) is 0 Å². The van der Waals surface area contributed by atoms with Crippen LogP contribution < -0.4 is 10.5 Å². The molecule has 0 aliphatic carbocycles. The number of likely N-dealkylation sites (tertiary alicyclic amines) is 1. The Morgan fingerprint density at radius 3 is 2.71 bits per heavy atom. The van der Waals surface area contributed by atoms with Crippen molar-refractivity contribution in [3.8, 4) is 11.5 Å². The van der Waals surface area contributed by atoms with Crippen LogP contribution in [0.5, 0.6) is 11.5 Å². The molecule has 1 aromatic carbocycles. The van der Waals surface area contributed by atoms with E-state index >= 15 is 0 Å². The van der Waals surface area contributed by atoms with Gasteiger partial charge in [-0.15, -0.1) is 0 Å². The SMILES string of the molecule is CC(C)(C)OC(=O)N1CCCC[C@H]1Oc1ccnc2cc(C(N)=O)c(O)cc12. The number of nitrogens with zero attached hydrogens (tertiary/aromatic N) is 2. The van der Waals surface area contributed by atoms with E-state index in [4.69, 9.17) is 15.2 Å². The Morgan fingerprint density at radius 1 is 1.29 bits per heavy atom. The van der Waals surface area contributed by atoms with E-state index in [1.165, 1.54) is 12.1 Å². The molecule has 0 radical (unpaired) electrons. The van der Waals surface area contributed by atoms with Gasteiger partial charge in [-0.05, 0) is 51.8 Å². The van der Waals surface area contributed by atoms with E-state index in [9.17, 15) is 14.7 Å². The minimum atomic E-state index is -0.740. The van der Waals surface area contributed by atoms with Crippen LogP contribution in [0.25, 0.3) is 10.9 Å². The largest absolute Gasteiger partial charge is 0.507 e. The number of carbonyl (C=O) groups is 2. The lowest BCUT2D eigenvalue weighted by atomic mass is 10.1. The van der Waals surface area contributed by atoms with Crippen molar-refractivity contribution in [1.29, 1.82) is 0 Å². The van der Waals surface area contributed by atoms with Gasteiger partial charge in [0.25, 0.3) is 5.91 Å². The topological polar surface area (TPSA) is 115 Å². The van der Waals surface area contributed by atoms with Crippen LogP contribution in [0, 0.1) is 0 Å². The van der Waals surface area contributed by atoms with Gasteiger partial charge in [0.05, 0.1) is 11.1 Å². The third-order valence-corrected chi connectivity index (χ3v) is 4.42. The van der Waals surface area contributed by atoms with E-state index in [1.54, 1.807) is 17.2 Å². The molecule has 150 valence electrons. The number of piperidine rings is 1. The van der Waals surface area contributed by atoms with E-state index in [0.29, 0.717) is 29.6 Å². The number of rotatable bonds is 3. The molecule has 1 fully saturated rings. The van der Waals surface area contributed by atoms with E-state index in [-0.39, 0.29) is 11.3 Å². The minimum absolute atomic E-state index is 0.00908. The number of carbonyl (C=O) groups excluding carboxylic acids is 2. The number of ether oxygens (including phenoxy) is 2. The maximum absolute atomic E-state index is 12.6. The van der Waals surface area contributed by atoms with Gasteiger partial charge in [-0.2, -0.15) is 0 Å². The van der Waals surface area contributed by atoms with Crippen LogP contribution in [-0.4, -0.2) is 45.4 Å². The molecule has 8 heteroatoms. The summed E-state index contributed by atoms with van der Waals surface area (Å²) in [6.45, 7) is 6.00. The predicted molar refractivity (Wildman–Crippen MR) is 103 cm³/mol. The molecule has 1 aromatic heterocycles. The molecule has 0 unspecified atom stereocenters. The predicted octanol–water partition coefficient (Wildman–Crippen LogP) is 3.17. The lowest BCUT2D eigenvalue weighted by Crippen LogP contribution is -2.48. The second kappa shape index (κ2) is 7.53. The lowest BCUT2D eigenvalue weighted by molar-refractivity contribution is -0.0337. The molecular weight excluding hydrogens is 362 g/mol. The van der Waals surface area contributed by atoms with Gasteiger partial charge in [-0.1, -0.05) is 0 Å². The van der Waals surface area contributed by atoms with Crippen LogP contribution in [0.1, 0.15) is 50.4 Å². The summed E-state index contributed by atoms with van der Waals surface area (Å²) in [5.74, 6) is -0.529. The van der Waals surface area contributed by atoms with Gasteiger partial charge < -0.3 is 20.3 Å². The summed E-state index contributed by atoms with van der Waals surface area (Å²) >= 11 is 0. The Kier molecular flexibility index (Phi) is 5.31. The van der Waals surface area contributed by atoms with E-state index in [1.807, 2.05) is 20.8 Å². The van der Waals surface area contributed by atoms with Crippen LogP contribution >= 0.6 is 0 Å². The molecule has 1 atom stereocenters. The van der Waals surface area contributed by atoms with Crippen LogP contribution in [0.3, 0.4) is 0 Å². The summed E-state index contributed by atoms with van der Waals surface area (Å²) in [6, 6.07) is 4.48. The molecule has 1 aliphatic rings. The van der Waals surface area contributed by atoms with E-state index in [2.05, 4.69) is 4.98 Å². The molecule has 2 aromatic rings. The van der Waals surface area contributed by atoms with Gasteiger partial charge in [0.2, 0.25) is 0 Å². The molecule has 0 bridgehead atoms. The van der Waals surface area contributed by atoms with Crippen LogP contribution in [-0.2, 0) is 4.74 Å². The highest BCUT2D eigenvalue weighted by Gasteiger charge is 2.32. The van der Waals surface area contributed by atoms with Gasteiger partial charge in [0, 0.05) is 24.5 Å². The van der Waals surface area contributed by atoms with E-state index in [0.717, 1.165) is 12.8 Å². The number of hydrogen-bond acceptors (Lipinski definition) is 6. The summed E-state index contributed by atoms with van der Waals surface area (Å²) in [5, 5.41) is 10.6. The molecule has 1 saturated heterocycles. The first-order valence-electron chi connectivity index (χ1n) is 9.23. The average molecular weight is 387 g/mol. The Labute approximate surface area is 163 Å². The third kappa shape index (κ3) is 4.27. The fourth-order valence-electron chi connectivity index (χ4n) is 3.16. The number of nitrogens with two attached hydrogens (primary N) is 1. The second-order valence-electron chi connectivity index (χ2n) is 7.80. The first kappa shape index (κ1) is 19.7. The molecule has 1 aliphatic heterocycles. The normalized spacial score (nSPS) is 17.4. The van der Waals surface area contributed by atoms with Gasteiger partial charge in [-0.25, -0.2) is 4.79 Å². The van der Waals surface area contributed by atoms with Gasteiger partial charge in [-0.3, -0.25) is 14.7 Å². The van der Waals surface area contributed by atoms with Crippen molar-refractivity contribution in [2.45, 2.75) is 51.9 Å². The fraction of sp³-hybridized carbons (Fsp3) is 0.450. The Morgan fingerprint density at radius 2 is 2.04 bits per heavy atom. The Hall–Kier alpha value is -3.03. The summed E-state index contributed by atoms with van der Waals surface area (Å²) in [7, 11) is 0. The van der Waals surface area contributed by atoms with Crippen molar-refractivity contribution in [2.24, 2.45) is 5.73 Å². The fourth-order valence-corrected chi connectivity index (χ4v) is 3.16. The molecule has 3 rings (SSSR count). The van der Waals surface area contributed by atoms with Gasteiger partial charge in [0.1, 0.15) is 17.1 Å². The lowest BCUT2D eigenvalue weighted by Gasteiger charge is -2.36. The zero-order valence-corrected chi connectivity index (χ0v) is 16.3. The maximum atomic E-state index is 12.6. The number of hydrogen-bond donors (Lipinski definition) is 2. The van der Waals surface area contributed by atoms with Crippen molar-refractivity contribution in [1.82, 2.24) is 9.88 Å². The molecule has 3 N–H and O–H groups in total. The zero-order chi connectivity index (χ0) is 20.5. The van der Waals surface area contributed by atoms with Gasteiger partial charge >= 0.3 is 6.09 Å². The smallest absolute Gasteiger partial charge is 0.413 e. The van der Waals surface area contributed by atoms with Crippen molar-refractivity contribution in [3.05, 3.63) is 30.0 Å². The highest BCUT2D eigenvalue weighted by molar-refractivity contribution is 6.00. The molecule has 2 amide bonds. The summed E-state index contributed by atoms with van der Waals surface area (Å²) in [5.41, 5.74) is 5.13. The van der Waals surface area contributed by atoms with E-state index < -0.39 is 23.8 Å². The second-order valence-corrected chi connectivity index (χ2v) is 7.80. The minimum Gasteiger partial charge on any atom is -0.507 e. The molecule has 28 heavy (non-hydrogen) atoms. The highest BCUT2D eigenvalue weighted by atomic mass is 16.6. The number of aromatic nitrogens is 1. The molecule has 2 heterocycles. The zero-order valence-electron chi connectivity index (χ0n) is 16.3. The Bertz CT molecular complexity index is 907. The first-order valence-corrected chi connectivity index (χ1v) is 9.23. The molecule has 0 saturated carbocycles. The average Bonchev–Trinajstić information content (AvgIpc) is 2.60. The number of benzene rings is 1. The number of primary amides is 1. The molecule has 0 spiro atoms. The summed E-state index contributed by atoms with van der Waals surface area (Å²) < 4.78 is 11.6. The van der Waals surface area contributed by atoms with Gasteiger partial charge in [0.15, 0.2) is 6.23 Å². The van der Waals surface area contributed by atoms with Crippen molar-refractivity contribution < 1.29 is 24.2 Å². The molecular formula is C20H25N3O5. The number of phenols is 1. The number of pyridine rings is 1. The summed E-state index contributed by atoms with van der Waals surface area (Å²) in [4.78, 5) is 29.8. The van der Waals surface area contributed by atoms with Crippen molar-refractivity contribution in [2.75, 3.05) is 6.54 Å². The van der Waals surface area contributed by atoms with Crippen molar-refractivity contribution in [3.63, 3.8) is 0 Å². The maximum Gasteiger partial charge on any atom is 0.413 e. The first-order chi connectivity index (χ1) is 13.2. The van der Waals surface area contributed by atoms with Crippen LogP contribution in [0.4, 0.5) is 4.79 Å². The number of amides is 2. The van der Waals surface area contributed by atoms with Crippen molar-refractivity contribution >= 4 is 22.9 Å². The number of aromatic hydroxyl groups is 1. The van der Waals surface area contributed by atoms with Crippen LogP contribution in [0.15, 0.2) is 24.4 Å². The number of fused-ring (bicyclic) bond motifs is 1. The summed E-state index contributed by atoms with van der Waals surface area (Å²) in [6.07, 6.45) is 3.08. The quantitative estimate of drug-likeness (QED) is 0.836. The third-order valence-electron chi connectivity index (χ3n) is 4.42.